The standard InChI is InChI=1S/C20H27N3O3/c1-20(2,3)21-18(24)14-22(4)15-19(25)23(13-17-11-8-12-26-17)16-9-6-5-7-10-16/h5-12H,13-15H2,1-4H3,(H,21,24). The quantitative estimate of drug-likeness (QED) is 0.827. The number of para-hydroxylation sites is 1. The van der Waals surface area contributed by atoms with Gasteiger partial charge in [0.05, 0.1) is 25.9 Å². The molecule has 0 bridgehead atoms. The molecule has 2 rings (SSSR count). The van der Waals surface area contributed by atoms with Gasteiger partial charge in [0, 0.05) is 11.2 Å². The van der Waals surface area contributed by atoms with Crippen LogP contribution in [0.5, 0.6) is 0 Å². The van der Waals surface area contributed by atoms with Crippen molar-refractivity contribution in [3.8, 4) is 0 Å². The van der Waals surface area contributed by atoms with Gasteiger partial charge in [0.2, 0.25) is 11.8 Å². The van der Waals surface area contributed by atoms with Crippen LogP contribution < -0.4 is 10.2 Å². The van der Waals surface area contributed by atoms with Crippen molar-refractivity contribution in [2.45, 2.75) is 32.9 Å². The number of benzene rings is 1. The molecule has 0 aliphatic rings. The summed E-state index contributed by atoms with van der Waals surface area (Å²) >= 11 is 0. The van der Waals surface area contributed by atoms with Gasteiger partial charge >= 0.3 is 0 Å². The summed E-state index contributed by atoms with van der Waals surface area (Å²) < 4.78 is 5.39. The third-order valence-electron chi connectivity index (χ3n) is 3.60. The molecule has 0 fully saturated rings. The van der Waals surface area contributed by atoms with Gasteiger partial charge in [-0.15, -0.1) is 0 Å². The van der Waals surface area contributed by atoms with E-state index in [1.807, 2.05) is 57.2 Å². The molecule has 6 nitrogen and oxygen atoms in total. The molecule has 0 atom stereocenters. The number of rotatable bonds is 7. The topological polar surface area (TPSA) is 65.8 Å². The predicted molar refractivity (Wildman–Crippen MR) is 102 cm³/mol. The minimum atomic E-state index is -0.294. The molecule has 6 heteroatoms. The van der Waals surface area contributed by atoms with E-state index in [1.165, 1.54) is 0 Å². The van der Waals surface area contributed by atoms with Crippen LogP contribution in [0.1, 0.15) is 26.5 Å². The molecule has 0 saturated heterocycles. The molecule has 26 heavy (non-hydrogen) atoms. The summed E-state index contributed by atoms with van der Waals surface area (Å²) in [5.41, 5.74) is 0.499. The SMILES string of the molecule is CN(CC(=O)NC(C)(C)C)CC(=O)N(Cc1ccco1)c1ccccc1. The van der Waals surface area contributed by atoms with Crippen molar-refractivity contribution in [3.05, 3.63) is 54.5 Å². The minimum absolute atomic E-state index is 0.0985. The molecule has 2 amide bonds. The zero-order valence-electron chi connectivity index (χ0n) is 15.9. The van der Waals surface area contributed by atoms with E-state index >= 15 is 0 Å². The number of likely N-dealkylation sites (N-methyl/N-ethyl adjacent to an activating group) is 1. The fraction of sp³-hybridized carbons (Fsp3) is 0.400. The van der Waals surface area contributed by atoms with Gasteiger partial charge < -0.3 is 14.6 Å². The lowest BCUT2D eigenvalue weighted by Gasteiger charge is -2.26. The molecule has 0 saturated carbocycles. The Morgan fingerprint density at radius 2 is 1.73 bits per heavy atom. The second kappa shape index (κ2) is 8.67. The molecular weight excluding hydrogens is 330 g/mol. The van der Waals surface area contributed by atoms with Crippen molar-refractivity contribution in [1.82, 2.24) is 10.2 Å². The van der Waals surface area contributed by atoms with Gasteiger partial charge in [-0.25, -0.2) is 0 Å². The maximum atomic E-state index is 12.9. The second-order valence-electron chi connectivity index (χ2n) is 7.37. The second-order valence-corrected chi connectivity index (χ2v) is 7.37. The first-order chi connectivity index (χ1) is 12.2. The van der Waals surface area contributed by atoms with Crippen LogP contribution in [-0.2, 0) is 16.1 Å². The van der Waals surface area contributed by atoms with E-state index in [0.29, 0.717) is 12.3 Å². The molecule has 0 radical (unpaired) electrons. The van der Waals surface area contributed by atoms with Crippen LogP contribution in [0.15, 0.2) is 53.1 Å². The largest absolute Gasteiger partial charge is 0.467 e. The summed E-state index contributed by atoms with van der Waals surface area (Å²) in [5, 5.41) is 2.90. The summed E-state index contributed by atoms with van der Waals surface area (Å²) in [6.45, 7) is 6.42. The van der Waals surface area contributed by atoms with Crippen LogP contribution in [0.25, 0.3) is 0 Å². The van der Waals surface area contributed by atoms with E-state index in [0.717, 1.165) is 5.69 Å². The molecule has 1 aromatic heterocycles. The fourth-order valence-corrected chi connectivity index (χ4v) is 2.56. The maximum absolute atomic E-state index is 12.9. The van der Waals surface area contributed by atoms with E-state index < -0.39 is 0 Å². The number of carbonyl (C=O) groups excluding carboxylic acids is 2. The highest BCUT2D eigenvalue weighted by Gasteiger charge is 2.21. The summed E-state index contributed by atoms with van der Waals surface area (Å²) in [7, 11) is 1.76. The van der Waals surface area contributed by atoms with Crippen molar-refractivity contribution in [2.24, 2.45) is 0 Å². The Morgan fingerprint density at radius 1 is 1.04 bits per heavy atom. The van der Waals surface area contributed by atoms with Gasteiger partial charge in [0.15, 0.2) is 0 Å². The number of hydrogen-bond acceptors (Lipinski definition) is 4. The van der Waals surface area contributed by atoms with E-state index in [1.54, 1.807) is 29.2 Å². The van der Waals surface area contributed by atoms with E-state index in [-0.39, 0.29) is 30.4 Å². The predicted octanol–water partition coefficient (Wildman–Crippen LogP) is 2.66. The third kappa shape index (κ3) is 6.37. The van der Waals surface area contributed by atoms with Crippen LogP contribution in [0.4, 0.5) is 5.69 Å². The summed E-state index contributed by atoms with van der Waals surface area (Å²) in [6.07, 6.45) is 1.59. The molecule has 0 aliphatic carbocycles. The highest BCUT2D eigenvalue weighted by molar-refractivity contribution is 5.95. The molecule has 140 valence electrons. The molecule has 0 unspecified atom stereocenters. The molecule has 2 aromatic rings. The monoisotopic (exact) mass is 357 g/mol. The number of furan rings is 1. The number of anilines is 1. The number of nitrogens with one attached hydrogen (secondary N) is 1. The molecule has 1 heterocycles. The Labute approximate surface area is 154 Å². The average Bonchev–Trinajstić information content (AvgIpc) is 3.04. The zero-order valence-corrected chi connectivity index (χ0v) is 15.9. The lowest BCUT2D eigenvalue weighted by molar-refractivity contribution is -0.124. The molecule has 1 aromatic carbocycles. The first kappa shape index (κ1) is 19.7. The average molecular weight is 357 g/mol. The number of hydrogen-bond donors (Lipinski definition) is 1. The van der Waals surface area contributed by atoms with Gasteiger partial charge in [-0.2, -0.15) is 0 Å². The Hall–Kier alpha value is -2.60. The number of carbonyl (C=O) groups is 2. The Bertz CT molecular complexity index is 706. The van der Waals surface area contributed by atoms with Crippen LogP contribution in [0.3, 0.4) is 0 Å². The van der Waals surface area contributed by atoms with E-state index in [2.05, 4.69) is 5.32 Å². The summed E-state index contributed by atoms with van der Waals surface area (Å²) in [6, 6.07) is 13.1. The molecule has 0 spiro atoms. The Morgan fingerprint density at radius 3 is 2.31 bits per heavy atom. The van der Waals surface area contributed by atoms with Gasteiger partial charge in [-0.05, 0) is 52.1 Å². The highest BCUT2D eigenvalue weighted by Crippen LogP contribution is 2.17. The van der Waals surface area contributed by atoms with Crippen LogP contribution >= 0.6 is 0 Å². The Balaban J connectivity index is 2.03. The van der Waals surface area contributed by atoms with Gasteiger partial charge in [-0.1, -0.05) is 18.2 Å². The molecule has 1 N–H and O–H groups in total. The maximum Gasteiger partial charge on any atom is 0.241 e. The van der Waals surface area contributed by atoms with Crippen molar-refractivity contribution in [2.75, 3.05) is 25.0 Å². The number of amides is 2. The summed E-state index contributed by atoms with van der Waals surface area (Å²) in [4.78, 5) is 28.3. The van der Waals surface area contributed by atoms with Crippen molar-refractivity contribution >= 4 is 17.5 Å². The first-order valence-corrected chi connectivity index (χ1v) is 8.62. The van der Waals surface area contributed by atoms with Crippen LogP contribution in [-0.4, -0.2) is 42.4 Å². The highest BCUT2D eigenvalue weighted by atomic mass is 16.3. The van der Waals surface area contributed by atoms with Gasteiger partial charge in [0.1, 0.15) is 5.76 Å². The van der Waals surface area contributed by atoms with Gasteiger partial charge in [0.25, 0.3) is 0 Å². The fourth-order valence-electron chi connectivity index (χ4n) is 2.56. The van der Waals surface area contributed by atoms with E-state index in [9.17, 15) is 9.59 Å². The molecular formula is C20H27N3O3. The Kier molecular flexibility index (Phi) is 6.58. The van der Waals surface area contributed by atoms with E-state index in [4.69, 9.17) is 4.42 Å². The van der Waals surface area contributed by atoms with Crippen molar-refractivity contribution < 1.29 is 14.0 Å². The third-order valence-corrected chi connectivity index (χ3v) is 3.60. The zero-order chi connectivity index (χ0) is 19.2. The van der Waals surface area contributed by atoms with Crippen molar-refractivity contribution in [1.29, 1.82) is 0 Å². The van der Waals surface area contributed by atoms with Gasteiger partial charge in [-0.3, -0.25) is 14.5 Å². The molecule has 0 aliphatic heterocycles. The van der Waals surface area contributed by atoms with Crippen molar-refractivity contribution in [3.63, 3.8) is 0 Å². The van der Waals surface area contributed by atoms with Crippen LogP contribution in [0.2, 0.25) is 0 Å². The van der Waals surface area contributed by atoms with Crippen LogP contribution in [0, 0.1) is 0 Å². The minimum Gasteiger partial charge on any atom is -0.467 e. The number of nitrogens with zero attached hydrogens (tertiary/aromatic N) is 2. The lowest BCUT2D eigenvalue weighted by Crippen LogP contribution is -2.47. The lowest BCUT2D eigenvalue weighted by atomic mass is 10.1. The first-order valence-electron chi connectivity index (χ1n) is 8.62. The summed E-state index contributed by atoms with van der Waals surface area (Å²) in [5.74, 6) is 0.499. The smallest absolute Gasteiger partial charge is 0.241 e. The normalized spacial score (nSPS) is 11.4.